The molecule has 0 spiro atoms. The second kappa shape index (κ2) is 5.25. The van der Waals surface area contributed by atoms with Gasteiger partial charge in [0.05, 0.1) is 10.6 Å². The van der Waals surface area contributed by atoms with Gasteiger partial charge in [-0.2, -0.15) is 5.10 Å². The van der Waals surface area contributed by atoms with Crippen molar-refractivity contribution in [2.24, 2.45) is 7.05 Å². The van der Waals surface area contributed by atoms with Crippen molar-refractivity contribution in [3.05, 3.63) is 44.9 Å². The van der Waals surface area contributed by atoms with Crippen molar-refractivity contribution in [1.29, 1.82) is 0 Å². The zero-order valence-corrected chi connectivity index (χ0v) is 11.4. The minimum Gasteiger partial charge on any atom is -0.307 e. The van der Waals surface area contributed by atoms with Crippen LogP contribution in [0, 0.1) is 17.0 Å². The predicted octanol–water partition coefficient (Wildman–Crippen LogP) is 1.94. The largest absolute Gasteiger partial charge is 0.307 e. The first-order valence-corrected chi connectivity index (χ1v) is 5.88. The number of aromatic nitrogens is 3. The summed E-state index contributed by atoms with van der Waals surface area (Å²) in [5.41, 5.74) is 0.143. The zero-order valence-electron chi connectivity index (χ0n) is 10.6. The molecule has 0 bridgehead atoms. The van der Waals surface area contributed by atoms with Gasteiger partial charge in [0.1, 0.15) is 22.7 Å². The SMILES string of the molecule is Cc1cc(NC(=O)c2cc(Cl)ncc2[N+](=O)[O-])n(C)n1. The van der Waals surface area contributed by atoms with Crippen LogP contribution in [0.5, 0.6) is 0 Å². The molecule has 0 saturated heterocycles. The number of aryl methyl sites for hydroxylation is 2. The molecule has 2 heterocycles. The van der Waals surface area contributed by atoms with Crippen molar-refractivity contribution in [1.82, 2.24) is 14.8 Å². The fourth-order valence-electron chi connectivity index (χ4n) is 1.66. The van der Waals surface area contributed by atoms with Crippen LogP contribution in [0.15, 0.2) is 18.3 Å². The molecule has 8 nitrogen and oxygen atoms in total. The van der Waals surface area contributed by atoms with Crippen molar-refractivity contribution in [2.75, 3.05) is 5.32 Å². The number of nitrogens with zero attached hydrogens (tertiary/aromatic N) is 4. The third-order valence-electron chi connectivity index (χ3n) is 2.53. The van der Waals surface area contributed by atoms with Crippen LogP contribution in [-0.4, -0.2) is 25.6 Å². The highest BCUT2D eigenvalue weighted by molar-refractivity contribution is 6.30. The van der Waals surface area contributed by atoms with Gasteiger partial charge in [0.2, 0.25) is 0 Å². The Morgan fingerprint density at radius 3 is 2.75 bits per heavy atom. The highest BCUT2D eigenvalue weighted by Crippen LogP contribution is 2.21. The van der Waals surface area contributed by atoms with Crippen molar-refractivity contribution >= 4 is 29.0 Å². The average Bonchev–Trinajstić information content (AvgIpc) is 2.67. The molecule has 2 aromatic heterocycles. The Bertz CT molecular complexity index is 697. The fourth-order valence-corrected chi connectivity index (χ4v) is 1.82. The number of amides is 1. The summed E-state index contributed by atoms with van der Waals surface area (Å²) in [5.74, 6) is -0.223. The van der Waals surface area contributed by atoms with Gasteiger partial charge in [0.25, 0.3) is 11.6 Å². The lowest BCUT2D eigenvalue weighted by atomic mass is 10.2. The van der Waals surface area contributed by atoms with Gasteiger partial charge in [-0.1, -0.05) is 11.6 Å². The third kappa shape index (κ3) is 2.75. The highest BCUT2D eigenvalue weighted by Gasteiger charge is 2.22. The molecular formula is C11H10ClN5O3. The summed E-state index contributed by atoms with van der Waals surface area (Å²) >= 11 is 5.67. The van der Waals surface area contributed by atoms with E-state index in [-0.39, 0.29) is 10.7 Å². The first-order valence-electron chi connectivity index (χ1n) is 5.50. The van der Waals surface area contributed by atoms with E-state index in [2.05, 4.69) is 15.4 Å². The molecule has 2 rings (SSSR count). The minimum atomic E-state index is -0.688. The summed E-state index contributed by atoms with van der Waals surface area (Å²) < 4.78 is 1.46. The number of carbonyl (C=O) groups is 1. The smallest absolute Gasteiger partial charge is 0.300 e. The number of hydrogen-bond acceptors (Lipinski definition) is 5. The molecule has 2 aromatic rings. The standard InChI is InChI=1S/C11H10ClN5O3/c1-6-3-10(16(2)15-6)14-11(18)7-4-9(12)13-5-8(7)17(19)20/h3-5H,1-2H3,(H,14,18). The monoisotopic (exact) mass is 295 g/mol. The van der Waals surface area contributed by atoms with Gasteiger partial charge in [-0.05, 0) is 13.0 Å². The third-order valence-corrected chi connectivity index (χ3v) is 2.74. The number of nitro groups is 1. The Morgan fingerprint density at radius 1 is 1.50 bits per heavy atom. The minimum absolute atomic E-state index is 0.00179. The summed E-state index contributed by atoms with van der Waals surface area (Å²) in [6.07, 6.45) is 0.950. The normalized spacial score (nSPS) is 10.3. The maximum absolute atomic E-state index is 12.1. The summed E-state index contributed by atoms with van der Waals surface area (Å²) in [6.45, 7) is 1.77. The molecule has 0 unspecified atom stereocenters. The van der Waals surface area contributed by atoms with E-state index in [1.807, 2.05) is 0 Å². The first-order chi connectivity index (χ1) is 9.38. The molecule has 1 amide bonds. The maximum Gasteiger partial charge on any atom is 0.300 e. The van der Waals surface area contributed by atoms with E-state index < -0.39 is 16.5 Å². The lowest BCUT2D eigenvalue weighted by Crippen LogP contribution is -2.16. The molecule has 0 aliphatic heterocycles. The molecule has 0 atom stereocenters. The number of hydrogen-bond donors (Lipinski definition) is 1. The Balaban J connectivity index is 2.36. The van der Waals surface area contributed by atoms with E-state index in [9.17, 15) is 14.9 Å². The molecule has 9 heteroatoms. The van der Waals surface area contributed by atoms with Crippen molar-refractivity contribution in [2.45, 2.75) is 6.92 Å². The van der Waals surface area contributed by atoms with Crippen LogP contribution in [0.25, 0.3) is 0 Å². The molecule has 0 aliphatic rings. The van der Waals surface area contributed by atoms with E-state index in [1.54, 1.807) is 20.0 Å². The van der Waals surface area contributed by atoms with E-state index in [0.717, 1.165) is 12.3 Å². The molecule has 104 valence electrons. The van der Waals surface area contributed by atoms with Crippen LogP contribution in [-0.2, 0) is 7.05 Å². The van der Waals surface area contributed by atoms with E-state index in [0.29, 0.717) is 11.5 Å². The summed E-state index contributed by atoms with van der Waals surface area (Å²) in [5, 5.41) is 17.5. The Hall–Kier alpha value is -2.48. The van der Waals surface area contributed by atoms with Gasteiger partial charge in [0, 0.05) is 13.1 Å². The van der Waals surface area contributed by atoms with E-state index in [1.165, 1.54) is 4.68 Å². The van der Waals surface area contributed by atoms with Crippen LogP contribution in [0.3, 0.4) is 0 Å². The fraction of sp³-hybridized carbons (Fsp3) is 0.182. The Morgan fingerprint density at radius 2 is 2.20 bits per heavy atom. The van der Waals surface area contributed by atoms with Gasteiger partial charge in [-0.3, -0.25) is 19.6 Å². The van der Waals surface area contributed by atoms with Gasteiger partial charge in [-0.25, -0.2) is 4.98 Å². The number of nitrogens with one attached hydrogen (secondary N) is 1. The molecule has 0 saturated carbocycles. The van der Waals surface area contributed by atoms with Gasteiger partial charge < -0.3 is 5.32 Å². The molecular weight excluding hydrogens is 286 g/mol. The Kier molecular flexibility index (Phi) is 3.66. The van der Waals surface area contributed by atoms with Gasteiger partial charge >= 0.3 is 0 Å². The summed E-state index contributed by atoms with van der Waals surface area (Å²) in [4.78, 5) is 25.9. The number of rotatable bonds is 3. The van der Waals surface area contributed by atoms with Crippen LogP contribution in [0.4, 0.5) is 11.5 Å². The number of pyridine rings is 1. The van der Waals surface area contributed by atoms with E-state index in [4.69, 9.17) is 11.6 Å². The van der Waals surface area contributed by atoms with Crippen molar-refractivity contribution < 1.29 is 9.72 Å². The number of anilines is 1. The molecule has 0 aliphatic carbocycles. The first kappa shape index (κ1) is 13.9. The van der Waals surface area contributed by atoms with Crippen molar-refractivity contribution in [3.63, 3.8) is 0 Å². The second-order valence-corrected chi connectivity index (χ2v) is 4.42. The zero-order chi connectivity index (χ0) is 14.9. The van der Waals surface area contributed by atoms with Crippen molar-refractivity contribution in [3.8, 4) is 0 Å². The van der Waals surface area contributed by atoms with Crippen LogP contribution < -0.4 is 5.32 Å². The lowest BCUT2D eigenvalue weighted by molar-refractivity contribution is -0.385. The predicted molar refractivity (Wildman–Crippen MR) is 71.8 cm³/mol. The maximum atomic E-state index is 12.1. The number of halogens is 1. The highest BCUT2D eigenvalue weighted by atomic mass is 35.5. The Labute approximate surface area is 118 Å². The topological polar surface area (TPSA) is 103 Å². The summed E-state index contributed by atoms with van der Waals surface area (Å²) in [7, 11) is 1.65. The molecule has 1 N–H and O–H groups in total. The molecule has 0 aromatic carbocycles. The molecule has 20 heavy (non-hydrogen) atoms. The quantitative estimate of drug-likeness (QED) is 0.529. The average molecular weight is 296 g/mol. The van der Waals surface area contributed by atoms with E-state index >= 15 is 0 Å². The molecule has 0 fully saturated rings. The van der Waals surface area contributed by atoms with Crippen LogP contribution in [0.2, 0.25) is 5.15 Å². The second-order valence-electron chi connectivity index (χ2n) is 4.03. The summed E-state index contributed by atoms with van der Waals surface area (Å²) in [6, 6.07) is 2.80. The van der Waals surface area contributed by atoms with Gasteiger partial charge in [-0.15, -0.1) is 0 Å². The van der Waals surface area contributed by atoms with Crippen LogP contribution in [0.1, 0.15) is 16.1 Å². The van der Waals surface area contributed by atoms with Crippen LogP contribution >= 0.6 is 11.6 Å². The molecule has 0 radical (unpaired) electrons. The van der Waals surface area contributed by atoms with Gasteiger partial charge in [0.15, 0.2) is 0 Å². The number of carbonyl (C=O) groups excluding carboxylic acids is 1. The lowest BCUT2D eigenvalue weighted by Gasteiger charge is -2.05.